The third kappa shape index (κ3) is 3.77. The van der Waals surface area contributed by atoms with Crippen LogP contribution < -0.4 is 10.5 Å². The van der Waals surface area contributed by atoms with E-state index in [1.54, 1.807) is 18.2 Å². The van der Waals surface area contributed by atoms with E-state index in [1.165, 1.54) is 12.1 Å². The minimum atomic E-state index is -4.50. The molecule has 6 heteroatoms. The fraction of sp³-hybridized carbons (Fsp3) is 0.200. The van der Waals surface area contributed by atoms with Crippen LogP contribution in [0.1, 0.15) is 16.7 Å². The topological polar surface area (TPSA) is 35.2 Å². The number of ether oxygens (including phenoxy) is 1. The first kappa shape index (κ1) is 15.9. The van der Waals surface area contributed by atoms with Gasteiger partial charge in [-0.15, -0.1) is 0 Å². The van der Waals surface area contributed by atoms with E-state index >= 15 is 0 Å². The Morgan fingerprint density at radius 1 is 1.10 bits per heavy atom. The fourth-order valence-electron chi connectivity index (χ4n) is 1.82. The number of benzene rings is 2. The van der Waals surface area contributed by atoms with Crippen LogP contribution in [0.15, 0.2) is 40.9 Å². The van der Waals surface area contributed by atoms with Gasteiger partial charge in [0.15, 0.2) is 0 Å². The van der Waals surface area contributed by atoms with Crippen LogP contribution in [0.3, 0.4) is 0 Å². The molecule has 0 radical (unpaired) electrons. The van der Waals surface area contributed by atoms with E-state index in [0.717, 1.165) is 11.6 Å². The average molecular weight is 360 g/mol. The summed E-state index contributed by atoms with van der Waals surface area (Å²) < 4.78 is 45.3. The standard InChI is InChI=1S/C15H13BrF3NO/c1-9-2-4-14(12(16)6-9)21-13-5-3-10(8-20)7-11(13)15(17,18)19/h2-7H,8,20H2,1H3. The van der Waals surface area contributed by atoms with Gasteiger partial charge < -0.3 is 10.5 Å². The Morgan fingerprint density at radius 3 is 2.33 bits per heavy atom. The minimum absolute atomic E-state index is 0.0393. The number of hydrogen-bond donors (Lipinski definition) is 1. The molecule has 0 bridgehead atoms. The van der Waals surface area contributed by atoms with E-state index in [1.807, 2.05) is 6.92 Å². The molecule has 0 saturated heterocycles. The van der Waals surface area contributed by atoms with Crippen LogP contribution in [0, 0.1) is 6.92 Å². The van der Waals surface area contributed by atoms with E-state index in [2.05, 4.69) is 15.9 Å². The van der Waals surface area contributed by atoms with Crippen LogP contribution >= 0.6 is 15.9 Å². The Kier molecular flexibility index (Phi) is 4.58. The van der Waals surface area contributed by atoms with Crippen molar-refractivity contribution in [3.63, 3.8) is 0 Å². The van der Waals surface area contributed by atoms with Crippen molar-refractivity contribution in [2.75, 3.05) is 0 Å². The molecule has 0 saturated carbocycles. The second kappa shape index (κ2) is 6.07. The second-order valence-electron chi connectivity index (χ2n) is 4.57. The van der Waals surface area contributed by atoms with Gasteiger partial charge in [0.2, 0.25) is 0 Å². The minimum Gasteiger partial charge on any atom is -0.456 e. The molecule has 0 atom stereocenters. The summed E-state index contributed by atoms with van der Waals surface area (Å²) in [5.41, 5.74) is 5.93. The first-order chi connectivity index (χ1) is 9.81. The zero-order chi connectivity index (χ0) is 15.6. The molecule has 2 nitrogen and oxygen atoms in total. The molecule has 0 unspecified atom stereocenters. The van der Waals surface area contributed by atoms with Crippen LogP contribution in [0.4, 0.5) is 13.2 Å². The van der Waals surface area contributed by atoms with Gasteiger partial charge in [0, 0.05) is 6.54 Å². The quantitative estimate of drug-likeness (QED) is 0.834. The van der Waals surface area contributed by atoms with Gasteiger partial charge in [-0.05, 0) is 58.2 Å². The van der Waals surface area contributed by atoms with Crippen LogP contribution in [0.25, 0.3) is 0 Å². The van der Waals surface area contributed by atoms with Crippen molar-refractivity contribution in [3.8, 4) is 11.5 Å². The van der Waals surface area contributed by atoms with E-state index in [-0.39, 0.29) is 12.3 Å². The van der Waals surface area contributed by atoms with Gasteiger partial charge in [-0.3, -0.25) is 0 Å². The van der Waals surface area contributed by atoms with E-state index in [4.69, 9.17) is 10.5 Å². The number of rotatable bonds is 3. The summed E-state index contributed by atoms with van der Waals surface area (Å²) in [5, 5.41) is 0. The average Bonchev–Trinajstić information content (AvgIpc) is 2.41. The van der Waals surface area contributed by atoms with E-state index < -0.39 is 11.7 Å². The molecule has 0 amide bonds. The number of alkyl halides is 3. The molecular weight excluding hydrogens is 347 g/mol. The van der Waals surface area contributed by atoms with Crippen molar-refractivity contribution in [1.29, 1.82) is 0 Å². The van der Waals surface area contributed by atoms with Crippen LogP contribution in [0.2, 0.25) is 0 Å². The summed E-state index contributed by atoms with van der Waals surface area (Å²) >= 11 is 3.28. The normalized spacial score (nSPS) is 11.5. The molecule has 0 fully saturated rings. The molecule has 0 aliphatic carbocycles. The summed E-state index contributed by atoms with van der Waals surface area (Å²) in [4.78, 5) is 0. The van der Waals surface area contributed by atoms with Crippen LogP contribution in [-0.2, 0) is 12.7 Å². The van der Waals surface area contributed by atoms with Crippen molar-refractivity contribution in [2.24, 2.45) is 5.73 Å². The van der Waals surface area contributed by atoms with Crippen molar-refractivity contribution >= 4 is 15.9 Å². The highest BCUT2D eigenvalue weighted by atomic mass is 79.9. The number of nitrogens with two attached hydrogens (primary N) is 1. The lowest BCUT2D eigenvalue weighted by molar-refractivity contribution is -0.138. The summed E-state index contributed by atoms with van der Waals surface area (Å²) in [7, 11) is 0. The molecule has 21 heavy (non-hydrogen) atoms. The predicted molar refractivity (Wildman–Crippen MR) is 78.3 cm³/mol. The second-order valence-corrected chi connectivity index (χ2v) is 5.42. The zero-order valence-electron chi connectivity index (χ0n) is 11.2. The first-order valence-corrected chi connectivity index (χ1v) is 6.95. The van der Waals surface area contributed by atoms with Gasteiger partial charge in [-0.1, -0.05) is 12.1 Å². The predicted octanol–water partition coefficient (Wildman–Crippen LogP) is 5.03. The Balaban J connectivity index is 2.44. The molecule has 112 valence electrons. The van der Waals surface area contributed by atoms with Crippen LogP contribution in [-0.4, -0.2) is 0 Å². The summed E-state index contributed by atoms with van der Waals surface area (Å²) in [6.45, 7) is 1.92. The smallest absolute Gasteiger partial charge is 0.419 e. The lowest BCUT2D eigenvalue weighted by atomic mass is 10.1. The molecule has 2 aromatic carbocycles. The van der Waals surface area contributed by atoms with Crippen molar-refractivity contribution in [2.45, 2.75) is 19.6 Å². The summed E-state index contributed by atoms with van der Waals surface area (Å²) in [5.74, 6) is 0.0795. The van der Waals surface area contributed by atoms with Gasteiger partial charge in [-0.2, -0.15) is 13.2 Å². The van der Waals surface area contributed by atoms with Gasteiger partial charge in [0.05, 0.1) is 10.0 Å². The molecule has 0 aliphatic heterocycles. The molecular formula is C15H13BrF3NO. The Hall–Kier alpha value is -1.53. The lowest BCUT2D eigenvalue weighted by Gasteiger charge is -2.15. The monoisotopic (exact) mass is 359 g/mol. The Bertz CT molecular complexity index is 656. The number of halogens is 4. The zero-order valence-corrected chi connectivity index (χ0v) is 12.8. The lowest BCUT2D eigenvalue weighted by Crippen LogP contribution is -2.09. The largest absolute Gasteiger partial charge is 0.456 e. The number of aryl methyl sites for hydroxylation is 1. The molecule has 2 N–H and O–H groups in total. The van der Waals surface area contributed by atoms with E-state index in [0.29, 0.717) is 15.8 Å². The molecule has 0 spiro atoms. The molecule has 0 aromatic heterocycles. The third-order valence-electron chi connectivity index (χ3n) is 2.89. The van der Waals surface area contributed by atoms with Crippen molar-refractivity contribution in [1.82, 2.24) is 0 Å². The van der Waals surface area contributed by atoms with Gasteiger partial charge in [0.1, 0.15) is 11.5 Å². The molecule has 2 aromatic rings. The number of hydrogen-bond acceptors (Lipinski definition) is 2. The van der Waals surface area contributed by atoms with Crippen molar-refractivity contribution in [3.05, 3.63) is 57.6 Å². The van der Waals surface area contributed by atoms with Crippen molar-refractivity contribution < 1.29 is 17.9 Å². The van der Waals surface area contributed by atoms with E-state index in [9.17, 15) is 13.2 Å². The third-order valence-corrected chi connectivity index (χ3v) is 3.51. The first-order valence-electron chi connectivity index (χ1n) is 6.15. The van der Waals surface area contributed by atoms with Gasteiger partial charge >= 0.3 is 6.18 Å². The summed E-state index contributed by atoms with van der Waals surface area (Å²) in [6, 6.07) is 8.98. The summed E-state index contributed by atoms with van der Waals surface area (Å²) in [6.07, 6.45) is -4.50. The Morgan fingerprint density at radius 2 is 1.76 bits per heavy atom. The highest BCUT2D eigenvalue weighted by Gasteiger charge is 2.35. The maximum absolute atomic E-state index is 13.1. The highest BCUT2D eigenvalue weighted by molar-refractivity contribution is 9.10. The highest BCUT2D eigenvalue weighted by Crippen LogP contribution is 2.40. The van der Waals surface area contributed by atoms with Crippen LogP contribution in [0.5, 0.6) is 11.5 Å². The molecule has 2 rings (SSSR count). The fourth-order valence-corrected chi connectivity index (χ4v) is 2.40. The van der Waals surface area contributed by atoms with Gasteiger partial charge in [-0.25, -0.2) is 0 Å². The molecule has 0 heterocycles. The van der Waals surface area contributed by atoms with Gasteiger partial charge in [0.25, 0.3) is 0 Å². The maximum Gasteiger partial charge on any atom is 0.419 e. The maximum atomic E-state index is 13.1. The molecule has 0 aliphatic rings. The Labute approximate surface area is 128 Å². The SMILES string of the molecule is Cc1ccc(Oc2ccc(CN)cc2C(F)(F)F)c(Br)c1.